The van der Waals surface area contributed by atoms with Crippen LogP contribution in [0.15, 0.2) is 60.7 Å². The summed E-state index contributed by atoms with van der Waals surface area (Å²) in [4.78, 5) is 11.3. The summed E-state index contributed by atoms with van der Waals surface area (Å²) < 4.78 is 7.12. The van der Waals surface area contributed by atoms with Gasteiger partial charge < -0.3 is 9.84 Å². The highest BCUT2D eigenvalue weighted by molar-refractivity contribution is 5.86. The van der Waals surface area contributed by atoms with Gasteiger partial charge in [-0.25, -0.2) is 9.48 Å². The van der Waals surface area contributed by atoms with E-state index in [-0.39, 0.29) is 5.69 Å². The van der Waals surface area contributed by atoms with Crippen LogP contribution in [0.3, 0.4) is 0 Å². The van der Waals surface area contributed by atoms with Crippen molar-refractivity contribution in [3.8, 4) is 11.4 Å². The number of hydrogen-bond acceptors (Lipinski definition) is 3. The quantitative estimate of drug-likeness (QED) is 0.784. The molecule has 0 aliphatic heterocycles. The summed E-state index contributed by atoms with van der Waals surface area (Å²) in [5.41, 5.74) is 2.52. The minimum atomic E-state index is -0.998. The number of ether oxygens (including phenoxy) is 1. The van der Waals surface area contributed by atoms with Crippen LogP contribution < -0.4 is 4.74 Å². The molecule has 0 bridgehead atoms. The summed E-state index contributed by atoms with van der Waals surface area (Å²) in [6.07, 6.45) is 0. The normalized spacial score (nSPS) is 10.5. The first-order valence-electron chi connectivity index (χ1n) is 7.20. The molecule has 3 rings (SSSR count). The van der Waals surface area contributed by atoms with Crippen molar-refractivity contribution < 1.29 is 14.6 Å². The number of para-hydroxylation sites is 1. The molecule has 0 fully saturated rings. The van der Waals surface area contributed by atoms with Crippen molar-refractivity contribution in [1.29, 1.82) is 0 Å². The first-order chi connectivity index (χ1) is 11.1. The molecule has 0 radical (unpaired) electrons. The second-order valence-corrected chi connectivity index (χ2v) is 5.16. The van der Waals surface area contributed by atoms with Gasteiger partial charge in [0.25, 0.3) is 0 Å². The molecule has 0 saturated carbocycles. The third kappa shape index (κ3) is 3.40. The summed E-state index contributed by atoms with van der Waals surface area (Å²) in [7, 11) is 0. The zero-order valence-electron chi connectivity index (χ0n) is 12.6. The highest BCUT2D eigenvalue weighted by Gasteiger charge is 2.13. The van der Waals surface area contributed by atoms with Crippen LogP contribution in [0.1, 0.15) is 21.7 Å². The fourth-order valence-electron chi connectivity index (χ4n) is 2.27. The Morgan fingerprint density at radius 2 is 1.83 bits per heavy atom. The number of aryl methyl sites for hydroxylation is 1. The van der Waals surface area contributed by atoms with E-state index in [0.29, 0.717) is 18.0 Å². The van der Waals surface area contributed by atoms with Crippen molar-refractivity contribution in [3.05, 3.63) is 77.6 Å². The lowest BCUT2D eigenvalue weighted by atomic mass is 10.2. The molecule has 5 heteroatoms. The van der Waals surface area contributed by atoms with Gasteiger partial charge >= 0.3 is 5.97 Å². The topological polar surface area (TPSA) is 64.3 Å². The monoisotopic (exact) mass is 308 g/mol. The van der Waals surface area contributed by atoms with Gasteiger partial charge in [0.05, 0.1) is 11.4 Å². The maximum atomic E-state index is 11.3. The van der Waals surface area contributed by atoms with Crippen LogP contribution in [0.5, 0.6) is 5.75 Å². The number of aromatic nitrogens is 2. The van der Waals surface area contributed by atoms with Crippen LogP contribution in [-0.2, 0) is 6.61 Å². The van der Waals surface area contributed by atoms with Crippen molar-refractivity contribution in [2.45, 2.75) is 13.5 Å². The SMILES string of the molecule is Cc1cc(C(=O)O)n(-c2ccc(COc3ccccc3)cc2)n1. The summed E-state index contributed by atoms with van der Waals surface area (Å²) in [5, 5.41) is 13.5. The van der Waals surface area contributed by atoms with Gasteiger partial charge in [0.15, 0.2) is 5.69 Å². The van der Waals surface area contributed by atoms with Crippen LogP contribution in [-0.4, -0.2) is 20.9 Å². The van der Waals surface area contributed by atoms with E-state index in [2.05, 4.69) is 5.10 Å². The fourth-order valence-corrected chi connectivity index (χ4v) is 2.27. The van der Waals surface area contributed by atoms with E-state index < -0.39 is 5.97 Å². The first kappa shape index (κ1) is 14.8. The Kier molecular flexibility index (Phi) is 4.10. The van der Waals surface area contributed by atoms with Gasteiger partial charge in [0, 0.05) is 0 Å². The number of benzene rings is 2. The Balaban J connectivity index is 1.76. The Bertz CT molecular complexity index is 808. The zero-order valence-corrected chi connectivity index (χ0v) is 12.6. The van der Waals surface area contributed by atoms with E-state index in [1.807, 2.05) is 54.6 Å². The van der Waals surface area contributed by atoms with E-state index in [9.17, 15) is 9.90 Å². The molecular weight excluding hydrogens is 292 g/mol. The van der Waals surface area contributed by atoms with Crippen LogP contribution in [0.4, 0.5) is 0 Å². The molecule has 0 aliphatic rings. The van der Waals surface area contributed by atoms with Gasteiger partial charge in [0.1, 0.15) is 12.4 Å². The third-order valence-corrected chi connectivity index (χ3v) is 3.38. The number of hydrogen-bond donors (Lipinski definition) is 1. The minimum absolute atomic E-state index is 0.149. The van der Waals surface area contributed by atoms with Crippen molar-refractivity contribution in [2.75, 3.05) is 0 Å². The van der Waals surface area contributed by atoms with E-state index in [4.69, 9.17) is 4.74 Å². The van der Waals surface area contributed by atoms with Crippen molar-refractivity contribution in [1.82, 2.24) is 9.78 Å². The van der Waals surface area contributed by atoms with Crippen LogP contribution in [0.25, 0.3) is 5.69 Å². The summed E-state index contributed by atoms with van der Waals surface area (Å²) in [6, 6.07) is 18.6. The molecule has 0 aliphatic carbocycles. The van der Waals surface area contributed by atoms with Crippen LogP contribution >= 0.6 is 0 Å². The number of carbonyl (C=O) groups is 1. The average Bonchev–Trinajstić information content (AvgIpc) is 2.97. The molecule has 5 nitrogen and oxygen atoms in total. The average molecular weight is 308 g/mol. The van der Waals surface area contributed by atoms with Gasteiger partial charge in [-0.15, -0.1) is 0 Å². The van der Waals surface area contributed by atoms with E-state index in [1.54, 1.807) is 13.0 Å². The lowest BCUT2D eigenvalue weighted by Gasteiger charge is -2.08. The summed E-state index contributed by atoms with van der Waals surface area (Å²) in [5.74, 6) is -0.186. The highest BCUT2D eigenvalue weighted by Crippen LogP contribution is 2.16. The molecule has 1 aromatic heterocycles. The molecule has 23 heavy (non-hydrogen) atoms. The number of carboxylic acid groups (broad SMARTS) is 1. The highest BCUT2D eigenvalue weighted by atomic mass is 16.5. The standard InChI is InChI=1S/C18H16N2O3/c1-13-11-17(18(21)22)20(19-13)15-9-7-14(8-10-15)12-23-16-5-3-2-4-6-16/h2-11H,12H2,1H3,(H,21,22). The molecule has 0 amide bonds. The Hall–Kier alpha value is -3.08. The molecule has 0 unspecified atom stereocenters. The van der Waals surface area contributed by atoms with Gasteiger partial charge in [-0.05, 0) is 42.8 Å². The van der Waals surface area contributed by atoms with E-state index >= 15 is 0 Å². The molecule has 116 valence electrons. The molecule has 0 atom stereocenters. The molecular formula is C18H16N2O3. The smallest absolute Gasteiger partial charge is 0.354 e. The Labute approximate surface area is 133 Å². The van der Waals surface area contributed by atoms with Crippen molar-refractivity contribution in [2.24, 2.45) is 0 Å². The van der Waals surface area contributed by atoms with Gasteiger partial charge in [-0.3, -0.25) is 0 Å². The minimum Gasteiger partial charge on any atom is -0.489 e. The number of aromatic carboxylic acids is 1. The number of carboxylic acids is 1. The Morgan fingerprint density at radius 1 is 1.13 bits per heavy atom. The van der Waals surface area contributed by atoms with E-state index in [1.165, 1.54) is 4.68 Å². The molecule has 1 heterocycles. The van der Waals surface area contributed by atoms with Crippen molar-refractivity contribution >= 4 is 5.97 Å². The predicted molar refractivity (Wildman–Crippen MR) is 86.0 cm³/mol. The van der Waals surface area contributed by atoms with Gasteiger partial charge in [-0.1, -0.05) is 30.3 Å². The predicted octanol–water partition coefficient (Wildman–Crippen LogP) is 3.46. The zero-order chi connectivity index (χ0) is 16.2. The lowest BCUT2D eigenvalue weighted by molar-refractivity contribution is 0.0687. The molecule has 3 aromatic rings. The van der Waals surface area contributed by atoms with Crippen LogP contribution in [0, 0.1) is 6.92 Å². The maximum Gasteiger partial charge on any atom is 0.354 e. The second-order valence-electron chi connectivity index (χ2n) is 5.16. The fraction of sp³-hybridized carbons (Fsp3) is 0.111. The Morgan fingerprint density at radius 3 is 2.48 bits per heavy atom. The molecule has 2 aromatic carbocycles. The lowest BCUT2D eigenvalue weighted by Crippen LogP contribution is -2.08. The van der Waals surface area contributed by atoms with Crippen molar-refractivity contribution in [3.63, 3.8) is 0 Å². The first-order valence-corrected chi connectivity index (χ1v) is 7.20. The summed E-state index contributed by atoms with van der Waals surface area (Å²) >= 11 is 0. The molecule has 0 saturated heterocycles. The summed E-state index contributed by atoms with van der Waals surface area (Å²) in [6.45, 7) is 2.22. The maximum absolute atomic E-state index is 11.3. The van der Waals surface area contributed by atoms with Crippen LogP contribution in [0.2, 0.25) is 0 Å². The number of rotatable bonds is 5. The van der Waals surface area contributed by atoms with Gasteiger partial charge in [-0.2, -0.15) is 5.10 Å². The second kappa shape index (κ2) is 6.36. The number of nitrogens with zero attached hydrogens (tertiary/aromatic N) is 2. The largest absolute Gasteiger partial charge is 0.489 e. The van der Waals surface area contributed by atoms with E-state index in [0.717, 1.165) is 11.3 Å². The molecule has 0 spiro atoms. The van der Waals surface area contributed by atoms with Gasteiger partial charge in [0.2, 0.25) is 0 Å². The molecule has 1 N–H and O–H groups in total. The third-order valence-electron chi connectivity index (χ3n) is 3.38.